The molecule has 0 amide bonds. The molecular weight excluding hydrogens is 228 g/mol. The van der Waals surface area contributed by atoms with E-state index in [1.807, 2.05) is 6.07 Å². The monoisotopic (exact) mass is 244 g/mol. The first-order valence-electron chi connectivity index (χ1n) is 5.05. The van der Waals surface area contributed by atoms with Gasteiger partial charge >= 0.3 is 0 Å². The van der Waals surface area contributed by atoms with E-state index in [9.17, 15) is 0 Å². The van der Waals surface area contributed by atoms with Gasteiger partial charge in [-0.25, -0.2) is 0 Å². The van der Waals surface area contributed by atoms with Gasteiger partial charge in [0.2, 0.25) is 5.75 Å². The van der Waals surface area contributed by atoms with Crippen molar-refractivity contribution in [3.63, 3.8) is 0 Å². The van der Waals surface area contributed by atoms with Crippen LogP contribution in [0, 0.1) is 0 Å². The summed E-state index contributed by atoms with van der Waals surface area (Å²) in [6.07, 6.45) is 0. The molecule has 16 heavy (non-hydrogen) atoms. The van der Waals surface area contributed by atoms with E-state index in [1.54, 1.807) is 21.3 Å². The molecule has 0 fully saturated rings. The maximum atomic E-state index is 6.26. The van der Waals surface area contributed by atoms with Crippen molar-refractivity contribution in [2.75, 3.05) is 21.3 Å². The lowest BCUT2D eigenvalue weighted by molar-refractivity contribution is 0.323. The Morgan fingerprint density at radius 3 is 1.94 bits per heavy atom. The zero-order valence-electron chi connectivity index (χ0n) is 10.3. The molecule has 1 aromatic rings. The number of rotatable bonds is 4. The van der Waals surface area contributed by atoms with Gasteiger partial charge in [0.1, 0.15) is 0 Å². The van der Waals surface area contributed by atoms with E-state index in [0.29, 0.717) is 28.2 Å². The molecule has 0 aliphatic rings. The van der Waals surface area contributed by atoms with Gasteiger partial charge in [-0.1, -0.05) is 25.4 Å². The van der Waals surface area contributed by atoms with Crippen molar-refractivity contribution in [1.82, 2.24) is 0 Å². The zero-order valence-corrected chi connectivity index (χ0v) is 11.0. The van der Waals surface area contributed by atoms with Crippen LogP contribution >= 0.6 is 11.6 Å². The van der Waals surface area contributed by atoms with E-state index in [1.165, 1.54) is 0 Å². The second-order valence-corrected chi connectivity index (χ2v) is 4.08. The van der Waals surface area contributed by atoms with Gasteiger partial charge in [0.15, 0.2) is 11.5 Å². The minimum absolute atomic E-state index is 0.293. The quantitative estimate of drug-likeness (QED) is 0.812. The number of benzene rings is 1. The summed E-state index contributed by atoms with van der Waals surface area (Å²) in [5, 5.41) is 0.579. The zero-order chi connectivity index (χ0) is 12.3. The Morgan fingerprint density at radius 1 is 1.00 bits per heavy atom. The van der Waals surface area contributed by atoms with Gasteiger partial charge in [0, 0.05) is 0 Å². The average molecular weight is 245 g/mol. The molecule has 0 saturated heterocycles. The van der Waals surface area contributed by atoms with E-state index < -0.39 is 0 Å². The fourth-order valence-electron chi connectivity index (χ4n) is 1.56. The topological polar surface area (TPSA) is 27.7 Å². The first-order chi connectivity index (χ1) is 7.56. The van der Waals surface area contributed by atoms with E-state index in [2.05, 4.69) is 13.8 Å². The molecule has 0 radical (unpaired) electrons. The maximum Gasteiger partial charge on any atom is 0.204 e. The summed E-state index contributed by atoms with van der Waals surface area (Å²) >= 11 is 6.26. The molecule has 3 nitrogen and oxygen atoms in total. The first kappa shape index (κ1) is 13.0. The lowest BCUT2D eigenvalue weighted by atomic mass is 10.0. The molecule has 0 unspecified atom stereocenters. The predicted octanol–water partition coefficient (Wildman–Crippen LogP) is 3.49. The average Bonchev–Trinajstić information content (AvgIpc) is 2.27. The largest absolute Gasteiger partial charge is 0.493 e. The Bertz CT molecular complexity index is 375. The van der Waals surface area contributed by atoms with Crippen molar-refractivity contribution in [2.45, 2.75) is 19.8 Å². The molecule has 4 heteroatoms. The van der Waals surface area contributed by atoms with Crippen molar-refractivity contribution in [2.24, 2.45) is 0 Å². The molecule has 0 N–H and O–H groups in total. The van der Waals surface area contributed by atoms with Gasteiger partial charge in [0.05, 0.1) is 26.4 Å². The van der Waals surface area contributed by atoms with Crippen molar-refractivity contribution >= 4 is 11.6 Å². The standard InChI is InChI=1S/C12H17ClO3/c1-7(2)8-6-9(14-3)11(15-4)12(16-5)10(8)13/h6-7H,1-5H3. The Balaban J connectivity index is 3.48. The predicted molar refractivity (Wildman–Crippen MR) is 65.2 cm³/mol. The Labute approximate surface area is 101 Å². The summed E-state index contributed by atoms with van der Waals surface area (Å²) in [5.41, 5.74) is 0.983. The third-order valence-electron chi connectivity index (χ3n) is 2.42. The number of halogens is 1. The Morgan fingerprint density at radius 2 is 1.56 bits per heavy atom. The van der Waals surface area contributed by atoms with Gasteiger partial charge in [-0.15, -0.1) is 0 Å². The molecule has 0 aliphatic heterocycles. The maximum absolute atomic E-state index is 6.26. The molecule has 1 aromatic carbocycles. The van der Waals surface area contributed by atoms with Gasteiger partial charge < -0.3 is 14.2 Å². The second kappa shape index (κ2) is 5.30. The van der Waals surface area contributed by atoms with E-state index in [4.69, 9.17) is 25.8 Å². The molecule has 0 aromatic heterocycles. The summed E-state index contributed by atoms with van der Waals surface area (Å²) in [6.45, 7) is 4.12. The van der Waals surface area contributed by atoms with Crippen LogP contribution in [0.25, 0.3) is 0 Å². The molecular formula is C12H17ClO3. The number of hydrogen-bond donors (Lipinski definition) is 0. The summed E-state index contributed by atoms with van der Waals surface area (Å²) in [5.74, 6) is 1.97. The normalized spacial score (nSPS) is 10.4. The Hall–Kier alpha value is -1.09. The van der Waals surface area contributed by atoms with Crippen LogP contribution < -0.4 is 14.2 Å². The third kappa shape index (κ3) is 2.19. The molecule has 0 atom stereocenters. The highest BCUT2D eigenvalue weighted by atomic mass is 35.5. The molecule has 0 saturated carbocycles. The summed E-state index contributed by atoms with van der Waals surface area (Å²) in [7, 11) is 4.72. The van der Waals surface area contributed by atoms with Crippen molar-refractivity contribution in [1.29, 1.82) is 0 Å². The summed E-state index contributed by atoms with van der Waals surface area (Å²) in [6, 6.07) is 1.88. The van der Waals surface area contributed by atoms with E-state index in [-0.39, 0.29) is 0 Å². The SMILES string of the molecule is COc1cc(C(C)C)c(Cl)c(OC)c1OC. The fourth-order valence-corrected chi connectivity index (χ4v) is 2.00. The number of hydrogen-bond acceptors (Lipinski definition) is 3. The lowest BCUT2D eigenvalue weighted by Crippen LogP contribution is -1.99. The van der Waals surface area contributed by atoms with Crippen molar-refractivity contribution in [3.8, 4) is 17.2 Å². The number of ether oxygens (including phenoxy) is 3. The van der Waals surface area contributed by atoms with Crippen LogP contribution in [0.1, 0.15) is 25.3 Å². The van der Waals surface area contributed by atoms with Gasteiger partial charge in [0.25, 0.3) is 0 Å². The number of methoxy groups -OCH3 is 3. The van der Waals surface area contributed by atoms with E-state index in [0.717, 1.165) is 5.56 Å². The second-order valence-electron chi connectivity index (χ2n) is 3.70. The minimum Gasteiger partial charge on any atom is -0.493 e. The third-order valence-corrected chi connectivity index (χ3v) is 2.81. The smallest absolute Gasteiger partial charge is 0.204 e. The molecule has 0 aliphatic carbocycles. The summed E-state index contributed by atoms with van der Waals surface area (Å²) in [4.78, 5) is 0. The van der Waals surface area contributed by atoms with Crippen LogP contribution in [-0.4, -0.2) is 21.3 Å². The van der Waals surface area contributed by atoms with Crippen LogP contribution in [0.5, 0.6) is 17.2 Å². The first-order valence-corrected chi connectivity index (χ1v) is 5.42. The highest BCUT2D eigenvalue weighted by Crippen LogP contribution is 2.46. The van der Waals surface area contributed by atoms with E-state index >= 15 is 0 Å². The van der Waals surface area contributed by atoms with Crippen LogP contribution in [-0.2, 0) is 0 Å². The summed E-state index contributed by atoms with van der Waals surface area (Å²) < 4.78 is 15.8. The lowest BCUT2D eigenvalue weighted by Gasteiger charge is -2.17. The molecule has 1 rings (SSSR count). The van der Waals surface area contributed by atoms with Crippen LogP contribution in [0.3, 0.4) is 0 Å². The fraction of sp³-hybridized carbons (Fsp3) is 0.500. The Kier molecular flexibility index (Phi) is 4.30. The van der Waals surface area contributed by atoms with Gasteiger partial charge in [-0.05, 0) is 17.5 Å². The highest BCUT2D eigenvalue weighted by Gasteiger charge is 2.20. The highest BCUT2D eigenvalue weighted by molar-refractivity contribution is 6.33. The minimum atomic E-state index is 0.293. The molecule has 90 valence electrons. The van der Waals surface area contributed by atoms with Crippen LogP contribution in [0.4, 0.5) is 0 Å². The van der Waals surface area contributed by atoms with Gasteiger partial charge in [-0.3, -0.25) is 0 Å². The molecule has 0 spiro atoms. The van der Waals surface area contributed by atoms with Gasteiger partial charge in [-0.2, -0.15) is 0 Å². The van der Waals surface area contributed by atoms with Crippen LogP contribution in [0.2, 0.25) is 5.02 Å². The van der Waals surface area contributed by atoms with Crippen molar-refractivity contribution in [3.05, 3.63) is 16.7 Å². The molecule has 0 heterocycles. The van der Waals surface area contributed by atoms with Crippen LogP contribution in [0.15, 0.2) is 6.07 Å². The molecule has 0 bridgehead atoms. The van der Waals surface area contributed by atoms with Crippen molar-refractivity contribution < 1.29 is 14.2 Å².